The normalized spacial score (nSPS) is 12.1. The van der Waals surface area contributed by atoms with Gasteiger partial charge in [-0.25, -0.2) is 0 Å². The molecule has 0 radical (unpaired) electrons. The third kappa shape index (κ3) is 7.98. The molecule has 12 rings (SSSR count). The van der Waals surface area contributed by atoms with Gasteiger partial charge in [0.15, 0.2) is 0 Å². The first kappa shape index (κ1) is 43.9. The molecular formula is C68H57N3. The van der Waals surface area contributed by atoms with E-state index >= 15 is 0 Å². The second kappa shape index (κ2) is 17.2. The third-order valence-corrected chi connectivity index (χ3v) is 14.4. The van der Waals surface area contributed by atoms with Crippen molar-refractivity contribution in [3.8, 4) is 55.6 Å². The van der Waals surface area contributed by atoms with Crippen LogP contribution in [-0.4, -0.2) is 4.40 Å². The van der Waals surface area contributed by atoms with Crippen LogP contribution in [0.3, 0.4) is 0 Å². The van der Waals surface area contributed by atoms with Crippen LogP contribution in [0.25, 0.3) is 93.7 Å². The first-order chi connectivity index (χ1) is 34.5. The zero-order valence-electron chi connectivity index (χ0n) is 41.3. The van der Waals surface area contributed by atoms with E-state index in [1.165, 1.54) is 49.2 Å². The lowest BCUT2D eigenvalue weighted by molar-refractivity contribution is 0.590. The fraction of sp³-hybridized carbons (Fsp3) is 0.118. The van der Waals surface area contributed by atoms with Crippen molar-refractivity contribution in [1.29, 1.82) is 0 Å². The van der Waals surface area contributed by atoms with Gasteiger partial charge in [-0.1, -0.05) is 205 Å². The molecule has 344 valence electrons. The van der Waals surface area contributed by atoms with Gasteiger partial charge in [0.1, 0.15) is 0 Å². The number of aromatic nitrogens is 1. The smallest absolute Gasteiger partial charge is 0.0620 e. The first-order valence-electron chi connectivity index (χ1n) is 24.9. The van der Waals surface area contributed by atoms with Gasteiger partial charge >= 0.3 is 0 Å². The predicted octanol–water partition coefficient (Wildman–Crippen LogP) is 19.3. The number of nitrogens with zero attached hydrogens (tertiary/aromatic N) is 1. The molecule has 0 aliphatic rings. The van der Waals surface area contributed by atoms with Crippen LogP contribution in [0.4, 0.5) is 22.7 Å². The summed E-state index contributed by atoms with van der Waals surface area (Å²) in [5, 5.41) is 13.3. The van der Waals surface area contributed by atoms with Gasteiger partial charge in [-0.15, -0.1) is 0 Å². The number of rotatable bonds is 9. The molecular weight excluding hydrogens is 859 g/mol. The summed E-state index contributed by atoms with van der Waals surface area (Å²) in [4.78, 5) is 0. The van der Waals surface area contributed by atoms with Crippen molar-refractivity contribution in [3.63, 3.8) is 0 Å². The summed E-state index contributed by atoms with van der Waals surface area (Å²) >= 11 is 0. The van der Waals surface area contributed by atoms with E-state index < -0.39 is 0 Å². The Morgan fingerprint density at radius 1 is 0.296 bits per heavy atom. The molecule has 2 aromatic heterocycles. The molecule has 12 aromatic rings. The summed E-state index contributed by atoms with van der Waals surface area (Å²) < 4.78 is 2.46. The van der Waals surface area contributed by atoms with E-state index in [0.29, 0.717) is 0 Å². The van der Waals surface area contributed by atoms with E-state index in [0.717, 1.165) is 78.4 Å². The lowest BCUT2D eigenvalue weighted by atomic mass is 9.82. The average Bonchev–Trinajstić information content (AvgIpc) is 3.91. The fourth-order valence-corrected chi connectivity index (χ4v) is 10.6. The number of nitrogens with one attached hydrogen (secondary N) is 2. The summed E-state index contributed by atoms with van der Waals surface area (Å²) in [5.74, 6) is 0. The molecule has 10 aromatic carbocycles. The van der Waals surface area contributed by atoms with Crippen LogP contribution in [-0.2, 0) is 10.8 Å². The van der Waals surface area contributed by atoms with Gasteiger partial charge in [0.2, 0.25) is 0 Å². The minimum Gasteiger partial charge on any atom is -0.354 e. The zero-order chi connectivity index (χ0) is 48.4. The molecule has 0 saturated carbocycles. The van der Waals surface area contributed by atoms with Gasteiger partial charge in [0.05, 0.1) is 27.9 Å². The maximum absolute atomic E-state index is 4.13. The third-order valence-electron chi connectivity index (χ3n) is 14.4. The fourth-order valence-electron chi connectivity index (χ4n) is 10.6. The molecule has 2 heterocycles. The van der Waals surface area contributed by atoms with Crippen molar-refractivity contribution in [1.82, 2.24) is 4.40 Å². The van der Waals surface area contributed by atoms with Crippen LogP contribution in [0.1, 0.15) is 52.7 Å². The van der Waals surface area contributed by atoms with Crippen molar-refractivity contribution < 1.29 is 0 Å². The van der Waals surface area contributed by atoms with Gasteiger partial charge in [-0.2, -0.15) is 0 Å². The van der Waals surface area contributed by atoms with Gasteiger partial charge < -0.3 is 15.0 Å². The molecule has 3 nitrogen and oxygen atoms in total. The number of hydrogen-bond donors (Lipinski definition) is 2. The maximum Gasteiger partial charge on any atom is 0.0620 e. The zero-order valence-corrected chi connectivity index (χ0v) is 41.3. The highest BCUT2D eigenvalue weighted by Gasteiger charge is 2.24. The van der Waals surface area contributed by atoms with E-state index in [1.807, 2.05) is 0 Å². The molecule has 3 heteroatoms. The van der Waals surface area contributed by atoms with E-state index in [-0.39, 0.29) is 10.8 Å². The summed E-state index contributed by atoms with van der Waals surface area (Å²) in [6, 6.07) is 82.4. The van der Waals surface area contributed by atoms with Gasteiger partial charge in [-0.05, 0) is 116 Å². The number of para-hydroxylation sites is 2. The largest absolute Gasteiger partial charge is 0.354 e. The molecule has 0 atom stereocenters. The van der Waals surface area contributed by atoms with Crippen molar-refractivity contribution in [2.45, 2.75) is 52.4 Å². The van der Waals surface area contributed by atoms with E-state index in [4.69, 9.17) is 0 Å². The Labute approximate surface area is 417 Å². The molecule has 0 aliphatic carbocycles. The molecule has 0 amide bonds. The summed E-state index contributed by atoms with van der Waals surface area (Å²) in [7, 11) is 0. The van der Waals surface area contributed by atoms with Crippen molar-refractivity contribution in [3.05, 3.63) is 236 Å². The minimum atomic E-state index is -0.0802. The Bertz CT molecular complexity index is 3620. The Kier molecular flexibility index (Phi) is 10.6. The first-order valence-corrected chi connectivity index (χ1v) is 24.9. The quantitative estimate of drug-likeness (QED) is 0.151. The molecule has 0 spiro atoms. The van der Waals surface area contributed by atoms with Crippen LogP contribution < -0.4 is 10.6 Å². The number of fused-ring (bicyclic) bond motifs is 6. The Hall–Kier alpha value is -8.40. The Balaban J connectivity index is 1.11. The van der Waals surface area contributed by atoms with Crippen LogP contribution in [0.2, 0.25) is 0 Å². The lowest BCUT2D eigenvalue weighted by Crippen LogP contribution is -2.12. The van der Waals surface area contributed by atoms with Gasteiger partial charge in [-0.3, -0.25) is 0 Å². The van der Waals surface area contributed by atoms with Crippen molar-refractivity contribution >= 4 is 60.8 Å². The van der Waals surface area contributed by atoms with Crippen LogP contribution in [0, 0.1) is 0 Å². The molecule has 0 aliphatic heterocycles. The molecule has 0 bridgehead atoms. The SMILES string of the molecule is CC(C)(C)c1cc(-c2ccccc2)c(Nc2cc(Nc3c(-c4ccccc4)cc(C(C)(C)C)cc3-c3ccccc3)cc(-c3ccc4c(c3)c3cccc5c6ccccc6n4c53)c2)c(-c2ccccc2)c1. The van der Waals surface area contributed by atoms with Gasteiger partial charge in [0.25, 0.3) is 0 Å². The highest BCUT2D eigenvalue weighted by atomic mass is 14.9. The second-order valence-corrected chi connectivity index (χ2v) is 21.2. The summed E-state index contributed by atoms with van der Waals surface area (Å²) in [6.07, 6.45) is 0. The summed E-state index contributed by atoms with van der Waals surface area (Å²) in [6.45, 7) is 13.8. The van der Waals surface area contributed by atoms with Crippen molar-refractivity contribution in [2.24, 2.45) is 0 Å². The highest BCUT2D eigenvalue weighted by Crippen LogP contribution is 2.47. The summed E-state index contributed by atoms with van der Waals surface area (Å²) in [5.41, 5.74) is 21.8. The van der Waals surface area contributed by atoms with Crippen LogP contribution in [0.5, 0.6) is 0 Å². The number of hydrogen-bond acceptors (Lipinski definition) is 2. The molecule has 71 heavy (non-hydrogen) atoms. The molecule has 0 unspecified atom stereocenters. The van der Waals surface area contributed by atoms with Crippen molar-refractivity contribution in [2.75, 3.05) is 10.6 Å². The Morgan fingerprint density at radius 2 is 0.676 bits per heavy atom. The molecule has 2 N–H and O–H groups in total. The molecule has 0 saturated heterocycles. The van der Waals surface area contributed by atoms with Crippen LogP contribution in [0.15, 0.2) is 224 Å². The highest BCUT2D eigenvalue weighted by molar-refractivity contribution is 6.23. The number of benzene rings is 10. The standard InChI is InChI=1S/C68H57N3/c1-67(2,3)50-39-57(44-22-11-7-12-23-44)64(58(40-50)45-24-13-8-14-25-45)69-52-36-49(48-34-35-63-61(38-48)56-32-21-31-55-54-30-19-20-33-62(54)71(63)66(55)56)37-53(43-52)70-65-59(46-26-15-9-16-27-46)41-51(68(4,5)6)42-60(65)47-28-17-10-18-29-47/h7-43,69-70H,1-6H3. The second-order valence-electron chi connectivity index (χ2n) is 21.2. The minimum absolute atomic E-state index is 0.0802. The van der Waals surface area contributed by atoms with E-state index in [9.17, 15) is 0 Å². The predicted molar refractivity (Wildman–Crippen MR) is 305 cm³/mol. The number of anilines is 4. The average molecular weight is 916 g/mol. The lowest BCUT2D eigenvalue weighted by Gasteiger charge is -2.26. The molecule has 0 fully saturated rings. The van der Waals surface area contributed by atoms with Crippen LogP contribution >= 0.6 is 0 Å². The van der Waals surface area contributed by atoms with E-state index in [2.05, 4.69) is 281 Å². The monoisotopic (exact) mass is 915 g/mol. The van der Waals surface area contributed by atoms with Gasteiger partial charge in [0, 0.05) is 55.2 Å². The maximum atomic E-state index is 4.13. The van der Waals surface area contributed by atoms with E-state index in [1.54, 1.807) is 0 Å². The Morgan fingerprint density at radius 3 is 1.11 bits per heavy atom. The topological polar surface area (TPSA) is 28.5 Å².